The van der Waals surface area contributed by atoms with Gasteiger partial charge in [0.25, 0.3) is 0 Å². The maximum atomic E-state index is 6.66. The smallest absolute Gasteiger partial charge is 0.159 e. The standard InChI is InChI=1S/C60H102N6O4/c1-13-63(14-2,15-3)36-25-29-40-67-54-44-52(45-55(49-54)68-41-30-26-37-64(16-4,17-5)18-6)58-48-51-34-33-35-61-60(51)62-59(58)53-46-56(69-42-31-27-38-65(19-7,20-8)21-9)50-57(47-53)70-43-32-28-39-66(22-10,23-11)24-12/h33-35,44-50H,13-32,36-43H2,1-12H3/q+4. The molecule has 392 valence electrons. The van der Waals surface area contributed by atoms with Crippen LogP contribution < -0.4 is 18.9 Å². The molecule has 0 bridgehead atoms. The molecular formula is C60H102N6O4+4. The van der Waals surface area contributed by atoms with Gasteiger partial charge in [-0.1, -0.05) is 0 Å². The Morgan fingerprint density at radius 2 is 0.686 bits per heavy atom. The first-order valence-electron chi connectivity index (χ1n) is 28.4. The van der Waals surface area contributed by atoms with Crippen molar-refractivity contribution in [2.45, 2.75) is 134 Å². The first-order chi connectivity index (χ1) is 34.0. The van der Waals surface area contributed by atoms with E-state index in [-0.39, 0.29) is 0 Å². The second-order valence-corrected chi connectivity index (χ2v) is 20.1. The molecule has 0 unspecified atom stereocenters. The number of ether oxygens (including phenoxy) is 4. The van der Waals surface area contributed by atoms with Gasteiger partial charge < -0.3 is 36.9 Å². The van der Waals surface area contributed by atoms with E-state index in [2.05, 4.69) is 132 Å². The molecule has 10 heteroatoms. The van der Waals surface area contributed by atoms with Gasteiger partial charge in [0.2, 0.25) is 0 Å². The molecule has 0 saturated carbocycles. The largest absolute Gasteiger partial charge is 0.493 e. The van der Waals surface area contributed by atoms with Crippen LogP contribution in [0.2, 0.25) is 0 Å². The zero-order valence-corrected chi connectivity index (χ0v) is 46.9. The summed E-state index contributed by atoms with van der Waals surface area (Å²) in [4.78, 5) is 10.1. The highest BCUT2D eigenvalue weighted by Crippen LogP contribution is 2.40. The number of fused-ring (bicyclic) bond motifs is 1. The van der Waals surface area contributed by atoms with E-state index in [4.69, 9.17) is 28.9 Å². The molecule has 0 N–H and O–H groups in total. The van der Waals surface area contributed by atoms with Crippen LogP contribution in [0.25, 0.3) is 33.4 Å². The van der Waals surface area contributed by atoms with Crippen molar-refractivity contribution in [1.29, 1.82) is 0 Å². The highest BCUT2D eigenvalue weighted by Gasteiger charge is 2.24. The van der Waals surface area contributed by atoms with E-state index in [0.717, 1.165) is 120 Å². The van der Waals surface area contributed by atoms with Crippen LogP contribution in [0.5, 0.6) is 23.0 Å². The van der Waals surface area contributed by atoms with Crippen LogP contribution in [0.3, 0.4) is 0 Å². The molecule has 0 aliphatic carbocycles. The molecule has 2 aromatic carbocycles. The Labute approximate surface area is 428 Å². The van der Waals surface area contributed by atoms with E-state index in [1.807, 2.05) is 12.3 Å². The minimum atomic E-state index is 0.648. The number of pyridine rings is 2. The normalized spacial score (nSPS) is 12.5. The molecule has 0 spiro atoms. The molecule has 0 fully saturated rings. The topological polar surface area (TPSA) is 62.7 Å². The number of rotatable bonds is 38. The maximum absolute atomic E-state index is 6.66. The second kappa shape index (κ2) is 30.2. The molecule has 10 nitrogen and oxygen atoms in total. The molecular weight excluding hydrogens is 869 g/mol. The molecule has 2 heterocycles. The predicted molar refractivity (Wildman–Crippen MR) is 296 cm³/mol. The zero-order valence-electron chi connectivity index (χ0n) is 46.9. The van der Waals surface area contributed by atoms with Crippen LogP contribution in [0, 0.1) is 0 Å². The SMILES string of the molecule is CC[N+](CC)(CC)CCCCOc1cc(OCCCC[N+](CC)(CC)CC)cc(-c2cc3cccnc3nc2-c2cc(OCCCC[N+](CC)(CC)CC)cc(OCCCC[N+](CC)(CC)CC)c2)c1. The van der Waals surface area contributed by atoms with E-state index >= 15 is 0 Å². The Kier molecular flexibility index (Phi) is 25.3. The number of nitrogens with zero attached hydrogens (tertiary/aromatic N) is 6. The quantitative estimate of drug-likeness (QED) is 0.0329. The molecule has 4 aromatic rings. The summed E-state index contributed by atoms with van der Waals surface area (Å²) < 4.78 is 31.2. The third kappa shape index (κ3) is 16.8. The maximum Gasteiger partial charge on any atom is 0.159 e. The minimum Gasteiger partial charge on any atom is -0.493 e. The lowest BCUT2D eigenvalue weighted by molar-refractivity contribution is -0.923. The van der Waals surface area contributed by atoms with Crippen molar-refractivity contribution >= 4 is 11.0 Å². The first-order valence-corrected chi connectivity index (χ1v) is 28.4. The van der Waals surface area contributed by atoms with Gasteiger partial charge in [-0.3, -0.25) is 0 Å². The van der Waals surface area contributed by atoms with Gasteiger partial charge in [0, 0.05) is 34.8 Å². The van der Waals surface area contributed by atoms with E-state index < -0.39 is 0 Å². The highest BCUT2D eigenvalue weighted by atomic mass is 16.5. The lowest BCUT2D eigenvalue weighted by Crippen LogP contribution is -2.48. The zero-order chi connectivity index (χ0) is 50.9. The van der Waals surface area contributed by atoms with Gasteiger partial charge in [0.05, 0.1) is 137 Å². The lowest BCUT2D eigenvalue weighted by Gasteiger charge is -2.35. The number of benzene rings is 2. The number of quaternary nitrogens is 4. The average Bonchev–Trinajstić information content (AvgIpc) is 3.40. The fourth-order valence-corrected chi connectivity index (χ4v) is 10.8. The highest BCUT2D eigenvalue weighted by molar-refractivity contribution is 5.91. The first kappa shape index (κ1) is 58.6. The monoisotopic (exact) mass is 971 g/mol. The molecule has 4 rings (SSSR count). The van der Waals surface area contributed by atoms with E-state index in [1.165, 1.54) is 105 Å². The molecule has 0 aliphatic rings. The van der Waals surface area contributed by atoms with Gasteiger partial charge in [-0.2, -0.15) is 0 Å². The fourth-order valence-electron chi connectivity index (χ4n) is 10.8. The Balaban J connectivity index is 1.72. The van der Waals surface area contributed by atoms with Crippen LogP contribution in [0.4, 0.5) is 0 Å². The summed E-state index contributed by atoms with van der Waals surface area (Å²) in [5, 5.41) is 0.981. The number of aromatic nitrogens is 2. The summed E-state index contributed by atoms with van der Waals surface area (Å²) in [7, 11) is 0. The lowest BCUT2D eigenvalue weighted by atomic mass is 9.97. The van der Waals surface area contributed by atoms with Crippen molar-refractivity contribution in [3.05, 3.63) is 60.8 Å². The van der Waals surface area contributed by atoms with Crippen LogP contribution in [-0.4, -0.2) is 159 Å². The van der Waals surface area contributed by atoms with Crippen LogP contribution in [0.15, 0.2) is 60.8 Å². The minimum absolute atomic E-state index is 0.648. The van der Waals surface area contributed by atoms with Crippen molar-refractivity contribution < 1.29 is 36.9 Å². The van der Waals surface area contributed by atoms with E-state index in [0.29, 0.717) is 32.1 Å². The average molecular weight is 972 g/mol. The Morgan fingerprint density at radius 1 is 0.371 bits per heavy atom. The molecule has 0 aliphatic heterocycles. The van der Waals surface area contributed by atoms with Crippen molar-refractivity contribution in [2.24, 2.45) is 0 Å². The summed E-state index contributed by atoms with van der Waals surface area (Å²) in [5.41, 5.74) is 4.47. The van der Waals surface area contributed by atoms with E-state index in [9.17, 15) is 0 Å². The number of hydrogen-bond donors (Lipinski definition) is 0. The van der Waals surface area contributed by atoms with Gasteiger partial charge in [0.15, 0.2) is 5.65 Å². The van der Waals surface area contributed by atoms with Gasteiger partial charge in [0.1, 0.15) is 23.0 Å². The van der Waals surface area contributed by atoms with Gasteiger partial charge in [-0.25, -0.2) is 9.97 Å². The Bertz CT molecular complexity index is 1800. The number of unbranched alkanes of at least 4 members (excludes halogenated alkanes) is 4. The van der Waals surface area contributed by atoms with Crippen molar-refractivity contribution in [1.82, 2.24) is 9.97 Å². The Hall–Kier alpha value is -3.96. The molecule has 0 radical (unpaired) electrons. The van der Waals surface area contributed by atoms with Crippen molar-refractivity contribution in [3.8, 4) is 45.4 Å². The molecule has 0 amide bonds. The summed E-state index contributed by atoms with van der Waals surface area (Å²) in [6.07, 6.45) is 10.3. The summed E-state index contributed by atoms with van der Waals surface area (Å²) in [5.74, 6) is 3.25. The van der Waals surface area contributed by atoms with Gasteiger partial charge in [-0.15, -0.1) is 0 Å². The predicted octanol–water partition coefficient (Wildman–Crippen LogP) is 13.1. The molecule has 2 aromatic heterocycles. The molecule has 70 heavy (non-hydrogen) atoms. The third-order valence-corrected chi connectivity index (χ3v) is 17.2. The molecule has 0 saturated heterocycles. The third-order valence-electron chi connectivity index (χ3n) is 17.2. The van der Waals surface area contributed by atoms with Crippen LogP contribution in [0.1, 0.15) is 134 Å². The summed E-state index contributed by atoms with van der Waals surface area (Å²) in [6, 6.07) is 19.1. The second-order valence-electron chi connectivity index (χ2n) is 20.1. The fraction of sp³-hybridized carbons (Fsp3) is 0.667. The van der Waals surface area contributed by atoms with Gasteiger partial charge >= 0.3 is 0 Å². The summed E-state index contributed by atoms with van der Waals surface area (Å²) in [6.45, 7) is 49.2. The van der Waals surface area contributed by atoms with Crippen molar-refractivity contribution in [2.75, 3.05) is 131 Å². The van der Waals surface area contributed by atoms with Gasteiger partial charge in [-0.05, 0) is 182 Å². The summed E-state index contributed by atoms with van der Waals surface area (Å²) >= 11 is 0. The Morgan fingerprint density at radius 3 is 1.00 bits per heavy atom. The van der Waals surface area contributed by atoms with Crippen LogP contribution >= 0.6 is 0 Å². The van der Waals surface area contributed by atoms with Crippen LogP contribution in [-0.2, 0) is 0 Å². The van der Waals surface area contributed by atoms with Crippen molar-refractivity contribution in [3.63, 3.8) is 0 Å². The molecule has 0 atom stereocenters. The number of hydrogen-bond acceptors (Lipinski definition) is 6. The van der Waals surface area contributed by atoms with E-state index in [1.54, 1.807) is 0 Å².